The molecule has 0 radical (unpaired) electrons. The van der Waals surface area contributed by atoms with Crippen LogP contribution in [0.5, 0.6) is 5.75 Å². The topological polar surface area (TPSA) is 67.4 Å². The molecule has 1 aliphatic carbocycles. The molecule has 1 aliphatic rings. The van der Waals surface area contributed by atoms with Gasteiger partial charge in [-0.25, -0.2) is 13.1 Å². The van der Waals surface area contributed by atoms with Crippen LogP contribution in [0.15, 0.2) is 24.3 Å². The smallest absolute Gasteiger partial charge is 0.215 e. The van der Waals surface area contributed by atoms with Crippen molar-refractivity contribution in [1.82, 2.24) is 10.0 Å². The summed E-state index contributed by atoms with van der Waals surface area (Å²) in [5.41, 5.74) is 0.914. The van der Waals surface area contributed by atoms with Crippen molar-refractivity contribution in [2.45, 2.75) is 37.6 Å². The van der Waals surface area contributed by atoms with Gasteiger partial charge in [-0.2, -0.15) is 0 Å². The molecule has 20 heavy (non-hydrogen) atoms. The molecular formula is C14H22N2O3S. The Labute approximate surface area is 120 Å². The van der Waals surface area contributed by atoms with E-state index in [0.29, 0.717) is 19.1 Å². The van der Waals surface area contributed by atoms with Gasteiger partial charge in [-0.1, -0.05) is 12.1 Å². The number of methoxy groups -OCH3 is 1. The van der Waals surface area contributed by atoms with E-state index in [0.717, 1.165) is 24.2 Å². The van der Waals surface area contributed by atoms with Crippen molar-refractivity contribution in [2.24, 2.45) is 0 Å². The minimum Gasteiger partial charge on any atom is -0.497 e. The molecule has 1 aromatic rings. The molecule has 0 aromatic heterocycles. The van der Waals surface area contributed by atoms with Crippen LogP contribution < -0.4 is 14.8 Å². The van der Waals surface area contributed by atoms with E-state index in [4.69, 9.17) is 4.74 Å². The predicted octanol–water partition coefficient (Wildman–Crippen LogP) is 1.26. The molecule has 0 bridgehead atoms. The number of benzene rings is 1. The molecule has 0 heterocycles. The summed E-state index contributed by atoms with van der Waals surface area (Å²) in [6, 6.07) is 7.88. The number of hydrogen-bond acceptors (Lipinski definition) is 4. The van der Waals surface area contributed by atoms with Gasteiger partial charge in [0.25, 0.3) is 0 Å². The summed E-state index contributed by atoms with van der Waals surface area (Å²) in [6.45, 7) is 2.54. The van der Waals surface area contributed by atoms with Gasteiger partial charge in [0.15, 0.2) is 0 Å². The summed E-state index contributed by atoms with van der Waals surface area (Å²) in [4.78, 5) is 0. The first-order chi connectivity index (χ1) is 9.51. The van der Waals surface area contributed by atoms with Crippen LogP contribution in [0.2, 0.25) is 0 Å². The summed E-state index contributed by atoms with van der Waals surface area (Å²) in [5.74, 6) is 0.763. The van der Waals surface area contributed by atoms with Crippen LogP contribution in [0.3, 0.4) is 0 Å². The second kappa shape index (κ2) is 6.56. The largest absolute Gasteiger partial charge is 0.497 e. The highest BCUT2D eigenvalue weighted by atomic mass is 32.2. The lowest BCUT2D eigenvalue weighted by molar-refractivity contribution is 0.414. The van der Waals surface area contributed by atoms with Crippen molar-refractivity contribution >= 4 is 10.0 Å². The molecule has 2 rings (SSSR count). The minimum absolute atomic E-state index is 0.306. The van der Waals surface area contributed by atoms with Gasteiger partial charge in [-0.05, 0) is 37.5 Å². The molecule has 1 aromatic carbocycles. The van der Waals surface area contributed by atoms with E-state index in [9.17, 15) is 8.42 Å². The highest BCUT2D eigenvalue weighted by Crippen LogP contribution is 2.18. The van der Waals surface area contributed by atoms with E-state index in [1.54, 1.807) is 14.0 Å². The third kappa shape index (κ3) is 4.47. The summed E-state index contributed by atoms with van der Waals surface area (Å²) < 4.78 is 31.9. The zero-order chi connectivity index (χ0) is 14.6. The summed E-state index contributed by atoms with van der Waals surface area (Å²) >= 11 is 0. The maximum absolute atomic E-state index is 12.1. The summed E-state index contributed by atoms with van der Waals surface area (Å²) in [5, 5.41) is 2.81. The minimum atomic E-state index is -3.29. The van der Waals surface area contributed by atoms with Gasteiger partial charge in [0.1, 0.15) is 5.75 Å². The lowest BCUT2D eigenvalue weighted by Gasteiger charge is -2.14. The van der Waals surface area contributed by atoms with Crippen LogP contribution in [0, 0.1) is 0 Å². The van der Waals surface area contributed by atoms with Crippen LogP contribution >= 0.6 is 0 Å². The third-order valence-corrected chi connectivity index (χ3v) is 5.21. The van der Waals surface area contributed by atoms with Crippen molar-refractivity contribution in [2.75, 3.05) is 13.7 Å². The molecule has 0 aliphatic heterocycles. The Morgan fingerprint density at radius 2 is 1.95 bits per heavy atom. The van der Waals surface area contributed by atoms with Gasteiger partial charge >= 0.3 is 0 Å². The highest BCUT2D eigenvalue weighted by molar-refractivity contribution is 7.90. The normalized spacial score (nSPS) is 16.9. The maximum atomic E-state index is 12.1. The molecule has 0 amide bonds. The fraction of sp³-hybridized carbons (Fsp3) is 0.571. The van der Waals surface area contributed by atoms with Crippen molar-refractivity contribution in [3.8, 4) is 5.75 Å². The average Bonchev–Trinajstić information content (AvgIpc) is 3.27. The Kier molecular flexibility index (Phi) is 5.01. The summed E-state index contributed by atoms with van der Waals surface area (Å²) in [6.07, 6.45) is 2.32. The second-order valence-corrected chi connectivity index (χ2v) is 7.39. The van der Waals surface area contributed by atoms with Crippen LogP contribution in [-0.4, -0.2) is 33.4 Å². The number of ether oxygens (including phenoxy) is 1. The molecule has 112 valence electrons. The van der Waals surface area contributed by atoms with Crippen LogP contribution in [0.25, 0.3) is 0 Å². The Hall–Kier alpha value is -1.11. The lowest BCUT2D eigenvalue weighted by Crippen LogP contribution is -2.39. The van der Waals surface area contributed by atoms with E-state index < -0.39 is 15.3 Å². The number of nitrogens with one attached hydrogen (secondary N) is 2. The quantitative estimate of drug-likeness (QED) is 0.758. The molecule has 0 spiro atoms. The molecular weight excluding hydrogens is 276 g/mol. The Morgan fingerprint density at radius 1 is 1.30 bits per heavy atom. The third-order valence-electron chi connectivity index (χ3n) is 3.44. The predicted molar refractivity (Wildman–Crippen MR) is 79.2 cm³/mol. The Morgan fingerprint density at radius 3 is 2.50 bits per heavy atom. The molecule has 1 unspecified atom stereocenters. The second-order valence-electron chi connectivity index (χ2n) is 5.21. The van der Waals surface area contributed by atoms with Gasteiger partial charge in [0.05, 0.1) is 12.4 Å². The molecule has 0 saturated heterocycles. The summed E-state index contributed by atoms with van der Waals surface area (Å²) in [7, 11) is -1.68. The molecule has 2 N–H and O–H groups in total. The zero-order valence-electron chi connectivity index (χ0n) is 11.9. The molecule has 1 atom stereocenters. The number of hydrogen-bond donors (Lipinski definition) is 2. The molecule has 1 saturated carbocycles. The first-order valence-electron chi connectivity index (χ1n) is 6.86. The van der Waals surface area contributed by atoms with E-state index >= 15 is 0 Å². The van der Waals surface area contributed by atoms with Gasteiger partial charge < -0.3 is 10.1 Å². The van der Waals surface area contributed by atoms with E-state index in [2.05, 4.69) is 10.0 Å². The van der Waals surface area contributed by atoms with E-state index in [-0.39, 0.29) is 0 Å². The average molecular weight is 298 g/mol. The highest BCUT2D eigenvalue weighted by Gasteiger charge is 2.25. The molecule has 5 nitrogen and oxygen atoms in total. The van der Waals surface area contributed by atoms with Crippen molar-refractivity contribution in [1.29, 1.82) is 0 Å². The monoisotopic (exact) mass is 298 g/mol. The number of rotatable bonds is 8. The zero-order valence-corrected chi connectivity index (χ0v) is 12.7. The van der Waals surface area contributed by atoms with E-state index in [1.165, 1.54) is 0 Å². The standard InChI is InChI=1S/C14H22N2O3S/c1-11(9-15-13-5-6-13)20(17,18)16-10-12-3-7-14(19-2)8-4-12/h3-4,7-8,11,13,15-16H,5-6,9-10H2,1-2H3. The maximum Gasteiger partial charge on any atom is 0.215 e. The SMILES string of the molecule is COc1ccc(CNS(=O)(=O)C(C)CNC2CC2)cc1. The van der Waals surface area contributed by atoms with E-state index in [1.807, 2.05) is 24.3 Å². The van der Waals surface area contributed by atoms with Crippen molar-refractivity contribution < 1.29 is 13.2 Å². The van der Waals surface area contributed by atoms with Crippen LogP contribution in [-0.2, 0) is 16.6 Å². The fourth-order valence-electron chi connectivity index (χ4n) is 1.80. The lowest BCUT2D eigenvalue weighted by atomic mass is 10.2. The van der Waals surface area contributed by atoms with Gasteiger partial charge in [0, 0.05) is 19.1 Å². The number of sulfonamides is 1. The van der Waals surface area contributed by atoms with Gasteiger partial charge in [-0.15, -0.1) is 0 Å². The van der Waals surface area contributed by atoms with Crippen molar-refractivity contribution in [3.05, 3.63) is 29.8 Å². The first kappa shape index (κ1) is 15.3. The fourth-order valence-corrected chi connectivity index (χ4v) is 2.77. The first-order valence-corrected chi connectivity index (χ1v) is 8.40. The Bertz CT molecular complexity index is 524. The van der Waals surface area contributed by atoms with Crippen molar-refractivity contribution in [3.63, 3.8) is 0 Å². The van der Waals surface area contributed by atoms with Gasteiger partial charge in [-0.3, -0.25) is 0 Å². The van der Waals surface area contributed by atoms with Crippen LogP contribution in [0.1, 0.15) is 25.3 Å². The molecule has 6 heteroatoms. The van der Waals surface area contributed by atoms with Gasteiger partial charge in [0.2, 0.25) is 10.0 Å². The van der Waals surface area contributed by atoms with Crippen LogP contribution in [0.4, 0.5) is 0 Å². The molecule has 1 fully saturated rings. The Balaban J connectivity index is 1.83.